The predicted molar refractivity (Wildman–Crippen MR) is 154 cm³/mol. The lowest BCUT2D eigenvalue weighted by Gasteiger charge is -2.16. The number of nitrogen functional groups attached to an aromatic ring is 1. The number of nitrogens with two attached hydrogens (primary N) is 1. The Hall–Kier alpha value is -5.41. The fourth-order valence-electron chi connectivity index (χ4n) is 4.00. The smallest absolute Gasteiger partial charge is 0.273 e. The molecule has 0 spiro atoms. The molecule has 2 heterocycles. The van der Waals surface area contributed by atoms with Crippen molar-refractivity contribution >= 4 is 23.5 Å². The van der Waals surface area contributed by atoms with Crippen LogP contribution in [0.15, 0.2) is 67.0 Å². The van der Waals surface area contributed by atoms with E-state index in [1.807, 2.05) is 30.3 Å². The Labute approximate surface area is 241 Å². The van der Waals surface area contributed by atoms with Crippen molar-refractivity contribution < 1.29 is 19.1 Å². The Balaban J connectivity index is 1.46. The molecule has 6 N–H and O–H groups in total. The van der Waals surface area contributed by atoms with Gasteiger partial charge in [0.05, 0.1) is 29.1 Å². The first-order valence-electron chi connectivity index (χ1n) is 13.1. The molecule has 0 fully saturated rings. The zero-order valence-corrected chi connectivity index (χ0v) is 22.8. The van der Waals surface area contributed by atoms with Crippen LogP contribution in [0.25, 0.3) is 11.3 Å². The number of pyridine rings is 1. The summed E-state index contributed by atoms with van der Waals surface area (Å²) in [7, 11) is 0. The topological polar surface area (TPSA) is 179 Å². The van der Waals surface area contributed by atoms with Gasteiger partial charge in [0, 0.05) is 31.5 Å². The van der Waals surface area contributed by atoms with E-state index in [0.717, 1.165) is 11.1 Å². The second-order valence-electron chi connectivity index (χ2n) is 9.35. The number of carbonyl (C=O) groups excluding carboxylic acids is 2. The third-order valence-corrected chi connectivity index (χ3v) is 6.33. The maximum absolute atomic E-state index is 13.3. The third-order valence-electron chi connectivity index (χ3n) is 6.33. The average molecular weight is 569 g/mol. The highest BCUT2D eigenvalue weighted by Gasteiger charge is 2.18. The number of hydrogen-bond acceptors (Lipinski definition) is 9. The number of nitrogens with zero attached hydrogens (tertiary/aromatic N) is 4. The molecule has 0 aliphatic rings. The van der Waals surface area contributed by atoms with Gasteiger partial charge >= 0.3 is 0 Å². The molecule has 4 aromatic rings. The summed E-state index contributed by atoms with van der Waals surface area (Å²) in [5, 5.41) is 26.9. The Morgan fingerprint density at radius 3 is 2.50 bits per heavy atom. The number of hydrogen-bond donors (Lipinski definition) is 5. The number of aromatic nitrogens is 3. The molecule has 2 aromatic carbocycles. The van der Waals surface area contributed by atoms with E-state index in [1.165, 1.54) is 30.6 Å². The van der Waals surface area contributed by atoms with Gasteiger partial charge < -0.3 is 26.8 Å². The Bertz CT molecular complexity index is 1600. The summed E-state index contributed by atoms with van der Waals surface area (Å²) >= 11 is 0. The minimum Gasteiger partial charge on any atom is -0.396 e. The van der Waals surface area contributed by atoms with Gasteiger partial charge in [-0.3, -0.25) is 9.59 Å². The van der Waals surface area contributed by atoms with Crippen LogP contribution in [0.4, 0.5) is 16.0 Å². The highest BCUT2D eigenvalue weighted by Crippen LogP contribution is 2.21. The van der Waals surface area contributed by atoms with Crippen molar-refractivity contribution in [3.8, 4) is 17.3 Å². The number of nitriles is 1. The average Bonchev–Trinajstić information content (AvgIpc) is 3.00. The third kappa shape index (κ3) is 7.41. The van der Waals surface area contributed by atoms with E-state index in [2.05, 4.69) is 30.9 Å². The van der Waals surface area contributed by atoms with Crippen LogP contribution in [-0.4, -0.2) is 45.0 Å². The zero-order chi connectivity index (χ0) is 30.1. The lowest BCUT2D eigenvalue weighted by molar-refractivity contribution is 0.0934. The summed E-state index contributed by atoms with van der Waals surface area (Å²) in [6, 6.07) is 16.2. The molecule has 42 heavy (non-hydrogen) atoms. The molecule has 12 heteroatoms. The van der Waals surface area contributed by atoms with Crippen molar-refractivity contribution in [3.63, 3.8) is 0 Å². The zero-order valence-electron chi connectivity index (χ0n) is 22.8. The van der Waals surface area contributed by atoms with Gasteiger partial charge in [0.15, 0.2) is 11.5 Å². The molecule has 1 unspecified atom stereocenters. The number of rotatable bonds is 11. The van der Waals surface area contributed by atoms with Gasteiger partial charge in [-0.05, 0) is 42.7 Å². The van der Waals surface area contributed by atoms with Crippen LogP contribution < -0.4 is 21.7 Å². The number of anilines is 2. The number of nitrogens with one attached hydrogen (secondary N) is 3. The second-order valence-corrected chi connectivity index (χ2v) is 9.35. The number of halogens is 1. The van der Waals surface area contributed by atoms with Crippen LogP contribution >= 0.6 is 0 Å². The quantitative estimate of drug-likeness (QED) is 0.170. The SMILES string of the molecule is CC(NC(=O)c1cc(C#N)cnc1NCc1ccc(-c2cnc(N)c(C(=O)NCCCO)n2)cc1)c1ccc(F)cc1. The number of aliphatic hydroxyl groups is 1. The van der Waals surface area contributed by atoms with E-state index in [-0.39, 0.29) is 41.6 Å². The van der Waals surface area contributed by atoms with Crippen molar-refractivity contribution in [1.82, 2.24) is 25.6 Å². The van der Waals surface area contributed by atoms with Crippen LogP contribution in [0.2, 0.25) is 0 Å². The fraction of sp³-hybridized carbons (Fsp3) is 0.200. The summed E-state index contributed by atoms with van der Waals surface area (Å²) in [4.78, 5) is 38.3. The number of amides is 2. The molecule has 2 aromatic heterocycles. The van der Waals surface area contributed by atoms with Crippen LogP contribution in [0, 0.1) is 17.1 Å². The minimum absolute atomic E-state index is 0.00243. The maximum atomic E-state index is 13.3. The summed E-state index contributed by atoms with van der Waals surface area (Å²) < 4.78 is 13.3. The highest BCUT2D eigenvalue weighted by atomic mass is 19.1. The molecule has 0 saturated heterocycles. The molecule has 0 radical (unpaired) electrons. The van der Waals surface area contributed by atoms with Crippen LogP contribution in [0.3, 0.4) is 0 Å². The van der Waals surface area contributed by atoms with Gasteiger partial charge in [-0.1, -0.05) is 36.4 Å². The van der Waals surface area contributed by atoms with Gasteiger partial charge in [0.25, 0.3) is 11.8 Å². The van der Waals surface area contributed by atoms with Crippen LogP contribution in [0.1, 0.15) is 56.9 Å². The minimum atomic E-state index is -0.474. The van der Waals surface area contributed by atoms with Gasteiger partial charge in [-0.2, -0.15) is 5.26 Å². The summed E-state index contributed by atoms with van der Waals surface area (Å²) in [6.45, 7) is 2.33. The van der Waals surface area contributed by atoms with E-state index in [1.54, 1.807) is 19.1 Å². The highest BCUT2D eigenvalue weighted by molar-refractivity contribution is 5.99. The van der Waals surface area contributed by atoms with Crippen molar-refractivity contribution in [1.29, 1.82) is 5.26 Å². The summed E-state index contributed by atoms with van der Waals surface area (Å²) in [5.74, 6) is -0.983. The van der Waals surface area contributed by atoms with Crippen molar-refractivity contribution in [2.75, 3.05) is 24.2 Å². The molecule has 214 valence electrons. The molecular weight excluding hydrogens is 539 g/mol. The molecule has 2 amide bonds. The van der Waals surface area contributed by atoms with E-state index in [9.17, 15) is 19.2 Å². The molecule has 0 saturated carbocycles. The first-order valence-corrected chi connectivity index (χ1v) is 13.1. The van der Waals surface area contributed by atoms with Crippen LogP contribution in [-0.2, 0) is 6.54 Å². The van der Waals surface area contributed by atoms with Gasteiger partial charge in [-0.15, -0.1) is 0 Å². The van der Waals surface area contributed by atoms with Crippen LogP contribution in [0.5, 0.6) is 0 Å². The summed E-state index contributed by atoms with van der Waals surface area (Å²) in [6.07, 6.45) is 3.27. The number of aliphatic hydroxyl groups excluding tert-OH is 1. The van der Waals surface area contributed by atoms with Gasteiger partial charge in [0.1, 0.15) is 17.7 Å². The van der Waals surface area contributed by atoms with E-state index >= 15 is 0 Å². The Kier molecular flexibility index (Phi) is 9.70. The second kappa shape index (κ2) is 13.8. The lowest BCUT2D eigenvalue weighted by Crippen LogP contribution is -2.28. The molecule has 0 aliphatic carbocycles. The Morgan fingerprint density at radius 2 is 1.81 bits per heavy atom. The van der Waals surface area contributed by atoms with Crippen molar-refractivity contribution in [3.05, 3.63) is 101 Å². The monoisotopic (exact) mass is 568 g/mol. The molecule has 0 aliphatic heterocycles. The first kappa shape index (κ1) is 29.6. The van der Waals surface area contributed by atoms with Gasteiger partial charge in [0.2, 0.25) is 0 Å². The Morgan fingerprint density at radius 1 is 1.07 bits per heavy atom. The maximum Gasteiger partial charge on any atom is 0.273 e. The van der Waals surface area contributed by atoms with Crippen molar-refractivity contribution in [2.45, 2.75) is 25.9 Å². The van der Waals surface area contributed by atoms with Gasteiger partial charge in [-0.25, -0.2) is 19.3 Å². The molecular formula is C30H29FN8O3. The van der Waals surface area contributed by atoms with E-state index in [0.29, 0.717) is 30.0 Å². The normalized spacial score (nSPS) is 11.3. The summed E-state index contributed by atoms with van der Waals surface area (Å²) in [5.41, 5.74) is 9.03. The largest absolute Gasteiger partial charge is 0.396 e. The molecule has 4 rings (SSSR count). The standard InChI is InChI=1S/C30H29FN8O3/c1-18(21-7-9-23(31)10-8-21)38-29(41)24-13-20(14-32)16-37-28(24)36-15-19-3-5-22(6-4-19)25-17-35-27(33)26(39-25)30(42)34-11-2-12-40/h3-10,13,16-18,40H,2,11-12,15H2,1H3,(H2,33,35)(H,34,42)(H,36,37)(H,38,41). The number of carbonyl (C=O) groups is 2. The fourth-order valence-corrected chi connectivity index (χ4v) is 4.00. The van der Waals surface area contributed by atoms with Crippen molar-refractivity contribution in [2.24, 2.45) is 0 Å². The predicted octanol–water partition coefficient (Wildman–Crippen LogP) is 3.35. The molecule has 11 nitrogen and oxygen atoms in total. The van der Waals surface area contributed by atoms with E-state index in [4.69, 9.17) is 10.8 Å². The first-order chi connectivity index (χ1) is 20.3. The molecule has 0 bridgehead atoms. The lowest BCUT2D eigenvalue weighted by atomic mass is 10.1. The number of benzene rings is 2. The molecule has 1 atom stereocenters. The van der Waals surface area contributed by atoms with E-state index < -0.39 is 17.9 Å².